The summed E-state index contributed by atoms with van der Waals surface area (Å²) in [6, 6.07) is 0. The molecular formula is C12H24N2O. The summed E-state index contributed by atoms with van der Waals surface area (Å²) in [6.07, 6.45) is 7.72. The zero-order valence-corrected chi connectivity index (χ0v) is 9.87. The SMILES string of the molecule is CCNCCN(C=O)CC1CCCCC1. The molecule has 1 saturated carbocycles. The molecule has 1 N–H and O–H groups in total. The Bertz CT molecular complexity index is 167. The summed E-state index contributed by atoms with van der Waals surface area (Å²) in [5.74, 6) is 0.755. The van der Waals surface area contributed by atoms with Crippen LogP contribution < -0.4 is 5.32 Å². The van der Waals surface area contributed by atoms with Gasteiger partial charge < -0.3 is 10.2 Å². The summed E-state index contributed by atoms with van der Waals surface area (Å²) in [4.78, 5) is 12.8. The van der Waals surface area contributed by atoms with Crippen LogP contribution in [0.25, 0.3) is 0 Å². The molecule has 0 aliphatic heterocycles. The quantitative estimate of drug-likeness (QED) is 0.514. The first-order valence-corrected chi connectivity index (χ1v) is 6.27. The second-order valence-electron chi connectivity index (χ2n) is 4.46. The number of amides is 1. The molecule has 0 spiro atoms. The lowest BCUT2D eigenvalue weighted by molar-refractivity contribution is -0.118. The number of likely N-dealkylation sites (N-methyl/N-ethyl adjacent to an activating group) is 1. The van der Waals surface area contributed by atoms with E-state index in [1.165, 1.54) is 32.1 Å². The predicted octanol–water partition coefficient (Wildman–Crippen LogP) is 1.63. The van der Waals surface area contributed by atoms with Crippen LogP contribution in [0.2, 0.25) is 0 Å². The van der Waals surface area contributed by atoms with Crippen molar-refractivity contribution in [2.75, 3.05) is 26.2 Å². The first-order chi connectivity index (χ1) is 7.36. The molecule has 1 aliphatic rings. The van der Waals surface area contributed by atoms with Gasteiger partial charge in [-0.1, -0.05) is 26.2 Å². The lowest BCUT2D eigenvalue weighted by atomic mass is 9.89. The fourth-order valence-electron chi connectivity index (χ4n) is 2.29. The molecule has 0 aromatic rings. The van der Waals surface area contributed by atoms with Gasteiger partial charge in [-0.25, -0.2) is 0 Å². The zero-order chi connectivity index (χ0) is 10.9. The molecule has 0 atom stereocenters. The molecule has 3 heteroatoms. The molecule has 3 nitrogen and oxygen atoms in total. The van der Waals surface area contributed by atoms with Crippen LogP contribution in [0.5, 0.6) is 0 Å². The maximum absolute atomic E-state index is 10.9. The highest BCUT2D eigenvalue weighted by Gasteiger charge is 2.15. The Hall–Kier alpha value is -0.570. The number of carbonyl (C=O) groups is 1. The Kier molecular flexibility index (Phi) is 6.41. The van der Waals surface area contributed by atoms with E-state index in [0.717, 1.165) is 38.5 Å². The molecule has 15 heavy (non-hydrogen) atoms. The number of nitrogens with zero attached hydrogens (tertiary/aromatic N) is 1. The normalized spacial score (nSPS) is 17.7. The molecule has 0 bridgehead atoms. The van der Waals surface area contributed by atoms with E-state index in [9.17, 15) is 4.79 Å². The van der Waals surface area contributed by atoms with Gasteiger partial charge in [-0.3, -0.25) is 4.79 Å². The van der Waals surface area contributed by atoms with E-state index in [1.807, 2.05) is 4.90 Å². The topological polar surface area (TPSA) is 32.3 Å². The standard InChI is InChI=1S/C12H24N2O/c1-2-13-8-9-14(11-15)10-12-6-4-3-5-7-12/h11-13H,2-10H2,1H3. The third-order valence-corrected chi connectivity index (χ3v) is 3.19. The average Bonchev–Trinajstić information content (AvgIpc) is 2.29. The van der Waals surface area contributed by atoms with Crippen molar-refractivity contribution in [2.24, 2.45) is 5.92 Å². The monoisotopic (exact) mass is 212 g/mol. The third-order valence-electron chi connectivity index (χ3n) is 3.19. The summed E-state index contributed by atoms with van der Waals surface area (Å²) < 4.78 is 0. The van der Waals surface area contributed by atoms with Gasteiger partial charge in [0, 0.05) is 19.6 Å². The van der Waals surface area contributed by atoms with Gasteiger partial charge in [0.1, 0.15) is 0 Å². The Morgan fingerprint density at radius 2 is 2.07 bits per heavy atom. The van der Waals surface area contributed by atoms with Crippen LogP contribution in [-0.2, 0) is 4.79 Å². The van der Waals surface area contributed by atoms with E-state index >= 15 is 0 Å². The van der Waals surface area contributed by atoms with E-state index in [0.29, 0.717) is 0 Å². The minimum absolute atomic E-state index is 0.755. The summed E-state index contributed by atoms with van der Waals surface area (Å²) >= 11 is 0. The van der Waals surface area contributed by atoms with Crippen molar-refractivity contribution in [3.05, 3.63) is 0 Å². The summed E-state index contributed by atoms with van der Waals surface area (Å²) in [7, 11) is 0. The Morgan fingerprint density at radius 1 is 1.33 bits per heavy atom. The zero-order valence-electron chi connectivity index (χ0n) is 9.87. The highest BCUT2D eigenvalue weighted by atomic mass is 16.1. The van der Waals surface area contributed by atoms with Crippen LogP contribution >= 0.6 is 0 Å². The molecule has 0 radical (unpaired) electrons. The van der Waals surface area contributed by atoms with Crippen LogP contribution in [0.1, 0.15) is 39.0 Å². The third kappa shape index (κ3) is 5.17. The highest BCUT2D eigenvalue weighted by molar-refractivity contribution is 5.46. The number of hydrogen-bond acceptors (Lipinski definition) is 2. The van der Waals surface area contributed by atoms with Gasteiger partial charge in [0.25, 0.3) is 0 Å². The van der Waals surface area contributed by atoms with Crippen molar-refractivity contribution in [1.29, 1.82) is 0 Å². The van der Waals surface area contributed by atoms with E-state index < -0.39 is 0 Å². The van der Waals surface area contributed by atoms with Crippen LogP contribution in [-0.4, -0.2) is 37.5 Å². The fraction of sp³-hybridized carbons (Fsp3) is 0.917. The molecule has 1 rings (SSSR count). The summed E-state index contributed by atoms with van der Waals surface area (Å²) in [6.45, 7) is 5.81. The van der Waals surface area contributed by atoms with Gasteiger partial charge in [-0.05, 0) is 25.3 Å². The maximum atomic E-state index is 10.9. The molecule has 0 unspecified atom stereocenters. The van der Waals surface area contributed by atoms with Crippen LogP contribution in [0, 0.1) is 5.92 Å². The first kappa shape index (κ1) is 12.5. The number of rotatable bonds is 7. The minimum atomic E-state index is 0.755. The Morgan fingerprint density at radius 3 is 2.67 bits per heavy atom. The minimum Gasteiger partial charge on any atom is -0.344 e. The van der Waals surface area contributed by atoms with E-state index in [2.05, 4.69) is 12.2 Å². The van der Waals surface area contributed by atoms with E-state index in [4.69, 9.17) is 0 Å². The van der Waals surface area contributed by atoms with Gasteiger partial charge in [-0.2, -0.15) is 0 Å². The lowest BCUT2D eigenvalue weighted by Gasteiger charge is -2.27. The molecule has 0 aromatic carbocycles. The fourth-order valence-corrected chi connectivity index (χ4v) is 2.29. The Balaban J connectivity index is 2.16. The number of hydrogen-bond donors (Lipinski definition) is 1. The second-order valence-corrected chi connectivity index (χ2v) is 4.46. The average molecular weight is 212 g/mol. The highest BCUT2D eigenvalue weighted by Crippen LogP contribution is 2.23. The smallest absolute Gasteiger partial charge is 0.209 e. The van der Waals surface area contributed by atoms with Crippen molar-refractivity contribution >= 4 is 6.41 Å². The maximum Gasteiger partial charge on any atom is 0.209 e. The predicted molar refractivity (Wildman–Crippen MR) is 62.8 cm³/mol. The second kappa shape index (κ2) is 7.69. The number of carbonyl (C=O) groups excluding carboxylic acids is 1. The van der Waals surface area contributed by atoms with E-state index in [-0.39, 0.29) is 0 Å². The van der Waals surface area contributed by atoms with Gasteiger partial charge >= 0.3 is 0 Å². The molecule has 1 amide bonds. The van der Waals surface area contributed by atoms with Crippen molar-refractivity contribution in [2.45, 2.75) is 39.0 Å². The summed E-state index contributed by atoms with van der Waals surface area (Å²) in [5.41, 5.74) is 0. The molecule has 0 aromatic heterocycles. The molecule has 1 aliphatic carbocycles. The Labute approximate surface area is 93.2 Å². The van der Waals surface area contributed by atoms with E-state index in [1.54, 1.807) is 0 Å². The number of nitrogens with one attached hydrogen (secondary N) is 1. The van der Waals surface area contributed by atoms with Crippen LogP contribution in [0.15, 0.2) is 0 Å². The largest absolute Gasteiger partial charge is 0.344 e. The van der Waals surface area contributed by atoms with Crippen molar-refractivity contribution in [3.63, 3.8) is 0 Å². The van der Waals surface area contributed by atoms with Crippen LogP contribution in [0.4, 0.5) is 0 Å². The van der Waals surface area contributed by atoms with Gasteiger partial charge in [0.2, 0.25) is 6.41 Å². The van der Waals surface area contributed by atoms with Gasteiger partial charge in [0.05, 0.1) is 0 Å². The summed E-state index contributed by atoms with van der Waals surface area (Å²) in [5, 5.41) is 3.25. The molecular weight excluding hydrogens is 188 g/mol. The molecule has 88 valence electrons. The molecule has 0 heterocycles. The lowest BCUT2D eigenvalue weighted by Crippen LogP contribution is -2.35. The van der Waals surface area contributed by atoms with Crippen molar-refractivity contribution in [3.8, 4) is 0 Å². The van der Waals surface area contributed by atoms with Gasteiger partial charge in [-0.15, -0.1) is 0 Å². The van der Waals surface area contributed by atoms with Gasteiger partial charge in [0.15, 0.2) is 0 Å². The van der Waals surface area contributed by atoms with Crippen LogP contribution in [0.3, 0.4) is 0 Å². The molecule has 1 fully saturated rings. The van der Waals surface area contributed by atoms with Crippen molar-refractivity contribution < 1.29 is 4.79 Å². The molecule has 0 saturated heterocycles. The first-order valence-electron chi connectivity index (χ1n) is 6.27. The van der Waals surface area contributed by atoms with Crippen molar-refractivity contribution in [1.82, 2.24) is 10.2 Å².